The lowest BCUT2D eigenvalue weighted by Gasteiger charge is -2.08. The first kappa shape index (κ1) is 17.0. The van der Waals surface area contributed by atoms with E-state index in [2.05, 4.69) is 20.9 Å². The second-order valence-electron chi connectivity index (χ2n) is 4.29. The van der Waals surface area contributed by atoms with Crippen LogP contribution in [0.2, 0.25) is 0 Å². The second kappa shape index (κ2) is 7.77. The summed E-state index contributed by atoms with van der Waals surface area (Å²) in [6, 6.07) is 5.06. The molecule has 7 nitrogen and oxygen atoms in total. The van der Waals surface area contributed by atoms with Crippen LogP contribution < -0.4 is 4.74 Å². The van der Waals surface area contributed by atoms with E-state index in [1.54, 1.807) is 32.0 Å². The Kier molecular flexibility index (Phi) is 5.75. The van der Waals surface area contributed by atoms with Gasteiger partial charge >= 0.3 is 12.2 Å². The first-order valence-corrected chi connectivity index (χ1v) is 7.70. The molecule has 0 unspecified atom stereocenters. The average Bonchev–Trinajstić information content (AvgIpc) is 2.99. The molecule has 0 aliphatic rings. The minimum atomic E-state index is -0.805. The monoisotopic (exact) mass is 382 g/mol. The number of aromatic nitrogens is 2. The van der Waals surface area contributed by atoms with Gasteiger partial charge in [-0.3, -0.25) is 0 Å². The zero-order valence-corrected chi connectivity index (χ0v) is 14.2. The molecule has 8 heteroatoms. The van der Waals surface area contributed by atoms with Crippen LogP contribution in [0.3, 0.4) is 0 Å². The number of rotatable bonds is 4. The second-order valence-corrected chi connectivity index (χ2v) is 5.21. The highest BCUT2D eigenvalue weighted by Crippen LogP contribution is 2.32. The molecule has 2 rings (SSSR count). The highest BCUT2D eigenvalue weighted by Gasteiger charge is 2.16. The molecule has 0 aliphatic heterocycles. The fraction of sp³-hybridized carbons (Fsp3) is 0.267. The van der Waals surface area contributed by atoms with Crippen molar-refractivity contribution >= 4 is 28.2 Å². The van der Waals surface area contributed by atoms with Gasteiger partial charge in [-0.2, -0.15) is 0 Å². The number of halogens is 1. The molecule has 1 heterocycles. The van der Waals surface area contributed by atoms with Gasteiger partial charge < -0.3 is 14.2 Å². The summed E-state index contributed by atoms with van der Waals surface area (Å²) >= 11 is 3.35. The van der Waals surface area contributed by atoms with Crippen LogP contribution in [-0.2, 0) is 9.47 Å². The molecule has 0 aliphatic carbocycles. The van der Waals surface area contributed by atoms with Gasteiger partial charge in [0.1, 0.15) is 12.1 Å². The zero-order valence-electron chi connectivity index (χ0n) is 12.6. The Morgan fingerprint density at radius 3 is 2.65 bits per heavy atom. The van der Waals surface area contributed by atoms with Crippen LogP contribution in [0.4, 0.5) is 9.59 Å². The van der Waals surface area contributed by atoms with E-state index in [4.69, 9.17) is 14.2 Å². The molecule has 1 aromatic carbocycles. The van der Waals surface area contributed by atoms with Gasteiger partial charge in [0, 0.05) is 16.2 Å². The highest BCUT2D eigenvalue weighted by atomic mass is 79.9. The average molecular weight is 383 g/mol. The maximum Gasteiger partial charge on any atom is 0.513 e. The summed E-state index contributed by atoms with van der Waals surface area (Å²) in [7, 11) is 0. The highest BCUT2D eigenvalue weighted by molar-refractivity contribution is 9.10. The van der Waals surface area contributed by atoms with Crippen molar-refractivity contribution in [2.45, 2.75) is 13.8 Å². The molecule has 122 valence electrons. The van der Waals surface area contributed by atoms with Gasteiger partial charge in [0.05, 0.1) is 18.9 Å². The van der Waals surface area contributed by atoms with Crippen molar-refractivity contribution in [3.8, 4) is 17.0 Å². The van der Waals surface area contributed by atoms with Crippen molar-refractivity contribution in [1.82, 2.24) is 9.55 Å². The molecule has 0 atom stereocenters. The third-order valence-corrected chi connectivity index (χ3v) is 3.23. The van der Waals surface area contributed by atoms with Crippen molar-refractivity contribution in [3.63, 3.8) is 0 Å². The summed E-state index contributed by atoms with van der Waals surface area (Å²) in [4.78, 5) is 27.4. The molecule has 0 radical (unpaired) electrons. The lowest BCUT2D eigenvalue weighted by atomic mass is 10.1. The SMILES string of the molecule is CCOC(=O)Oc1ccc(Br)cc1-c1cn(C(=O)OCC)cn1. The minimum Gasteiger partial charge on any atom is -0.449 e. The van der Waals surface area contributed by atoms with Crippen molar-refractivity contribution in [2.24, 2.45) is 0 Å². The fourth-order valence-electron chi connectivity index (χ4n) is 1.79. The van der Waals surface area contributed by atoms with Crippen molar-refractivity contribution in [1.29, 1.82) is 0 Å². The molecule has 23 heavy (non-hydrogen) atoms. The maximum absolute atomic E-state index is 11.7. The van der Waals surface area contributed by atoms with Crippen LogP contribution in [0.15, 0.2) is 35.2 Å². The zero-order chi connectivity index (χ0) is 16.8. The molecular weight excluding hydrogens is 368 g/mol. The first-order chi connectivity index (χ1) is 11.0. The molecule has 0 fully saturated rings. The Morgan fingerprint density at radius 1 is 1.22 bits per heavy atom. The van der Waals surface area contributed by atoms with Gasteiger partial charge in [0.2, 0.25) is 0 Å². The number of ether oxygens (including phenoxy) is 3. The van der Waals surface area contributed by atoms with Crippen molar-refractivity contribution in [2.75, 3.05) is 13.2 Å². The molecule has 0 amide bonds. The van der Waals surface area contributed by atoms with E-state index in [-0.39, 0.29) is 19.0 Å². The first-order valence-electron chi connectivity index (χ1n) is 6.90. The lowest BCUT2D eigenvalue weighted by molar-refractivity contribution is 0.104. The standard InChI is InChI=1S/C15H15BrN2O5/c1-3-21-14(19)18-8-12(17-9-18)11-7-10(16)5-6-13(11)23-15(20)22-4-2/h5-9H,3-4H2,1-2H3. The number of nitrogens with zero attached hydrogens (tertiary/aromatic N) is 2. The van der Waals surface area contributed by atoms with Crippen LogP contribution in [0.25, 0.3) is 11.3 Å². The van der Waals surface area contributed by atoms with E-state index in [9.17, 15) is 9.59 Å². The predicted octanol–water partition coefficient (Wildman–Crippen LogP) is 3.85. The minimum absolute atomic E-state index is 0.210. The van der Waals surface area contributed by atoms with Crippen LogP contribution in [0.1, 0.15) is 13.8 Å². The predicted molar refractivity (Wildman–Crippen MR) is 85.4 cm³/mol. The molecular formula is C15H15BrN2O5. The van der Waals surface area contributed by atoms with E-state index in [1.165, 1.54) is 17.1 Å². The van der Waals surface area contributed by atoms with Crippen LogP contribution in [-0.4, -0.2) is 35.0 Å². The molecule has 0 N–H and O–H groups in total. The molecule has 2 aromatic rings. The Hall–Kier alpha value is -2.35. The number of carbonyl (C=O) groups is 2. The molecule has 0 saturated heterocycles. The summed E-state index contributed by atoms with van der Waals surface area (Å²) in [5, 5.41) is 0. The van der Waals surface area contributed by atoms with Gasteiger partial charge in [-0.25, -0.2) is 19.1 Å². The third-order valence-electron chi connectivity index (χ3n) is 2.73. The fourth-order valence-corrected chi connectivity index (χ4v) is 2.15. The Bertz CT molecular complexity index is 714. The summed E-state index contributed by atoms with van der Waals surface area (Å²) in [5.74, 6) is 0.278. The number of benzene rings is 1. The van der Waals surface area contributed by atoms with E-state index >= 15 is 0 Å². The number of carbonyl (C=O) groups excluding carboxylic acids is 2. The topological polar surface area (TPSA) is 79.7 Å². The van der Waals surface area contributed by atoms with Gasteiger partial charge in [0.15, 0.2) is 0 Å². The maximum atomic E-state index is 11.7. The van der Waals surface area contributed by atoms with Crippen molar-refractivity contribution in [3.05, 3.63) is 35.2 Å². The molecule has 0 spiro atoms. The van der Waals surface area contributed by atoms with E-state index < -0.39 is 12.2 Å². The summed E-state index contributed by atoms with van der Waals surface area (Å²) in [6.45, 7) is 3.88. The van der Waals surface area contributed by atoms with Crippen LogP contribution in [0, 0.1) is 0 Å². The van der Waals surface area contributed by atoms with Gasteiger partial charge in [0.25, 0.3) is 0 Å². The molecule has 0 bridgehead atoms. The summed E-state index contributed by atoms with van der Waals surface area (Å²) in [6.07, 6.45) is 1.50. The van der Waals surface area contributed by atoms with Gasteiger partial charge in [-0.1, -0.05) is 15.9 Å². The van der Waals surface area contributed by atoms with Gasteiger partial charge in [-0.15, -0.1) is 0 Å². The normalized spacial score (nSPS) is 10.2. The Morgan fingerprint density at radius 2 is 1.96 bits per heavy atom. The smallest absolute Gasteiger partial charge is 0.449 e. The van der Waals surface area contributed by atoms with Crippen molar-refractivity contribution < 1.29 is 23.8 Å². The third kappa shape index (κ3) is 4.32. The summed E-state index contributed by atoms with van der Waals surface area (Å²) in [5.41, 5.74) is 0.995. The molecule has 1 aromatic heterocycles. The Balaban J connectivity index is 2.32. The number of hydrogen-bond donors (Lipinski definition) is 0. The Labute approximate surface area is 141 Å². The van der Waals surface area contributed by atoms with Crippen LogP contribution in [0.5, 0.6) is 5.75 Å². The lowest BCUT2D eigenvalue weighted by Crippen LogP contribution is -2.11. The van der Waals surface area contributed by atoms with E-state index in [0.717, 1.165) is 4.47 Å². The van der Waals surface area contributed by atoms with Gasteiger partial charge in [-0.05, 0) is 32.0 Å². The van der Waals surface area contributed by atoms with E-state index in [1.807, 2.05) is 0 Å². The quantitative estimate of drug-likeness (QED) is 0.589. The number of hydrogen-bond acceptors (Lipinski definition) is 6. The molecule has 0 saturated carbocycles. The summed E-state index contributed by atoms with van der Waals surface area (Å²) < 4.78 is 16.8. The number of imidazole rings is 1. The largest absolute Gasteiger partial charge is 0.513 e. The van der Waals surface area contributed by atoms with E-state index in [0.29, 0.717) is 11.3 Å². The van der Waals surface area contributed by atoms with Crippen LogP contribution >= 0.6 is 15.9 Å².